The molecule has 2 aromatic rings. The van der Waals surface area contributed by atoms with Gasteiger partial charge in [0.25, 0.3) is 0 Å². The van der Waals surface area contributed by atoms with Crippen molar-refractivity contribution in [1.29, 1.82) is 0 Å². The van der Waals surface area contributed by atoms with Crippen molar-refractivity contribution < 1.29 is 4.39 Å². The van der Waals surface area contributed by atoms with E-state index in [1.165, 1.54) is 11.6 Å². The first-order valence-corrected chi connectivity index (χ1v) is 7.90. The summed E-state index contributed by atoms with van der Waals surface area (Å²) in [5, 5.41) is 0.468. The van der Waals surface area contributed by atoms with E-state index < -0.39 is 0 Å². The SMILES string of the molecule is Cc1ccc(C(Br)Cc2c(F)cccc2Cl)cc1Br. The van der Waals surface area contributed by atoms with Crippen LogP contribution >= 0.6 is 43.5 Å². The zero-order valence-corrected chi connectivity index (χ0v) is 14.2. The van der Waals surface area contributed by atoms with Crippen LogP contribution in [0, 0.1) is 12.7 Å². The molecule has 1 unspecified atom stereocenters. The molecule has 0 aliphatic carbocycles. The molecule has 0 aromatic heterocycles. The van der Waals surface area contributed by atoms with Gasteiger partial charge in [-0.05, 0) is 42.7 Å². The van der Waals surface area contributed by atoms with E-state index in [1.54, 1.807) is 12.1 Å². The molecule has 0 aliphatic heterocycles. The smallest absolute Gasteiger partial charge is 0.127 e. The van der Waals surface area contributed by atoms with Crippen LogP contribution in [-0.4, -0.2) is 0 Å². The minimum absolute atomic E-state index is 0.0267. The third-order valence-electron chi connectivity index (χ3n) is 3.00. The highest BCUT2D eigenvalue weighted by molar-refractivity contribution is 9.10. The fraction of sp³-hybridized carbons (Fsp3) is 0.200. The average Bonchev–Trinajstić information content (AvgIpc) is 2.37. The van der Waals surface area contributed by atoms with Gasteiger partial charge in [-0.25, -0.2) is 4.39 Å². The summed E-state index contributed by atoms with van der Waals surface area (Å²) in [5.41, 5.74) is 2.81. The maximum atomic E-state index is 13.8. The molecule has 0 fully saturated rings. The van der Waals surface area contributed by atoms with Crippen molar-refractivity contribution in [3.05, 3.63) is 68.4 Å². The Morgan fingerprint density at radius 3 is 2.63 bits per heavy atom. The molecule has 100 valence electrons. The predicted octanol–water partition coefficient (Wildman–Crippen LogP) is 6.23. The fourth-order valence-corrected chi connectivity index (χ4v) is 3.07. The fourth-order valence-electron chi connectivity index (χ4n) is 1.83. The molecular weight excluding hydrogens is 394 g/mol. The molecule has 0 amide bonds. The Kier molecular flexibility index (Phi) is 5.04. The molecule has 19 heavy (non-hydrogen) atoms. The standard InChI is InChI=1S/C15H12Br2ClF/c1-9-5-6-10(7-12(9)16)13(17)8-11-14(18)3-2-4-15(11)19/h2-7,13H,8H2,1H3. The summed E-state index contributed by atoms with van der Waals surface area (Å²) < 4.78 is 14.8. The highest BCUT2D eigenvalue weighted by Crippen LogP contribution is 2.33. The Labute approximate surface area is 134 Å². The third kappa shape index (κ3) is 3.59. The Hall–Kier alpha value is -0.380. The van der Waals surface area contributed by atoms with Gasteiger partial charge in [0.2, 0.25) is 0 Å². The van der Waals surface area contributed by atoms with Gasteiger partial charge in [0.05, 0.1) is 0 Å². The van der Waals surface area contributed by atoms with Crippen molar-refractivity contribution in [3.63, 3.8) is 0 Å². The van der Waals surface area contributed by atoms with Crippen LogP contribution < -0.4 is 0 Å². The lowest BCUT2D eigenvalue weighted by Gasteiger charge is -2.13. The molecule has 0 nitrogen and oxygen atoms in total. The summed E-state index contributed by atoms with van der Waals surface area (Å²) in [6.45, 7) is 2.03. The van der Waals surface area contributed by atoms with Crippen LogP contribution in [0.25, 0.3) is 0 Å². The highest BCUT2D eigenvalue weighted by Gasteiger charge is 2.14. The molecule has 0 aliphatic rings. The summed E-state index contributed by atoms with van der Waals surface area (Å²) in [4.78, 5) is 0.0267. The van der Waals surface area contributed by atoms with E-state index in [0.717, 1.165) is 10.0 Å². The van der Waals surface area contributed by atoms with Crippen molar-refractivity contribution in [2.24, 2.45) is 0 Å². The minimum atomic E-state index is -0.261. The van der Waals surface area contributed by atoms with Crippen LogP contribution in [0.3, 0.4) is 0 Å². The zero-order valence-electron chi connectivity index (χ0n) is 10.3. The molecule has 0 N–H and O–H groups in total. The molecular formula is C15H12Br2ClF. The van der Waals surface area contributed by atoms with E-state index in [1.807, 2.05) is 25.1 Å². The lowest BCUT2D eigenvalue weighted by Crippen LogP contribution is -1.99. The molecule has 4 heteroatoms. The summed E-state index contributed by atoms with van der Waals surface area (Å²) >= 11 is 13.2. The van der Waals surface area contributed by atoms with Gasteiger partial charge in [-0.15, -0.1) is 0 Å². The highest BCUT2D eigenvalue weighted by atomic mass is 79.9. The summed E-state index contributed by atoms with van der Waals surface area (Å²) in [6.07, 6.45) is 0.515. The Morgan fingerprint density at radius 1 is 1.26 bits per heavy atom. The number of hydrogen-bond acceptors (Lipinski definition) is 0. The van der Waals surface area contributed by atoms with E-state index in [9.17, 15) is 4.39 Å². The zero-order chi connectivity index (χ0) is 14.0. The van der Waals surface area contributed by atoms with E-state index in [0.29, 0.717) is 17.0 Å². The van der Waals surface area contributed by atoms with Crippen molar-refractivity contribution in [3.8, 4) is 0 Å². The second-order valence-corrected chi connectivity index (χ2v) is 6.75. The Bertz CT molecular complexity index is 578. The first-order chi connectivity index (χ1) is 8.99. The van der Waals surface area contributed by atoms with Gasteiger partial charge in [0.15, 0.2) is 0 Å². The number of benzene rings is 2. The van der Waals surface area contributed by atoms with Crippen LogP contribution in [0.5, 0.6) is 0 Å². The number of hydrogen-bond donors (Lipinski definition) is 0. The van der Waals surface area contributed by atoms with Gasteiger partial charge >= 0.3 is 0 Å². The number of alkyl halides is 1. The van der Waals surface area contributed by atoms with Gasteiger partial charge in [-0.2, -0.15) is 0 Å². The van der Waals surface area contributed by atoms with E-state index in [4.69, 9.17) is 11.6 Å². The minimum Gasteiger partial charge on any atom is -0.207 e. The van der Waals surface area contributed by atoms with Crippen molar-refractivity contribution in [2.45, 2.75) is 18.2 Å². The second-order valence-electron chi connectivity index (χ2n) is 4.38. The van der Waals surface area contributed by atoms with Crippen molar-refractivity contribution in [1.82, 2.24) is 0 Å². The summed E-state index contributed by atoms with van der Waals surface area (Å²) in [5.74, 6) is -0.261. The lowest BCUT2D eigenvalue weighted by molar-refractivity contribution is 0.608. The molecule has 2 aromatic carbocycles. The van der Waals surface area contributed by atoms with Gasteiger partial charge in [0, 0.05) is 19.9 Å². The molecule has 0 bridgehead atoms. The molecule has 0 radical (unpaired) electrons. The first-order valence-electron chi connectivity index (χ1n) is 5.82. The maximum Gasteiger partial charge on any atom is 0.127 e. The number of aryl methyl sites for hydroxylation is 1. The van der Waals surface area contributed by atoms with E-state index >= 15 is 0 Å². The van der Waals surface area contributed by atoms with Gasteiger partial charge in [-0.1, -0.05) is 61.7 Å². The first kappa shape index (κ1) is 15.0. The molecule has 0 spiro atoms. The van der Waals surface area contributed by atoms with Gasteiger partial charge in [-0.3, -0.25) is 0 Å². The van der Waals surface area contributed by atoms with Crippen molar-refractivity contribution in [2.75, 3.05) is 0 Å². The molecule has 2 rings (SSSR count). The number of rotatable bonds is 3. The lowest BCUT2D eigenvalue weighted by atomic mass is 10.0. The second kappa shape index (κ2) is 6.38. The Morgan fingerprint density at radius 2 is 2.00 bits per heavy atom. The normalized spacial score (nSPS) is 12.5. The van der Waals surface area contributed by atoms with Crippen LogP contribution in [0.2, 0.25) is 5.02 Å². The van der Waals surface area contributed by atoms with Crippen LogP contribution in [-0.2, 0) is 6.42 Å². The van der Waals surface area contributed by atoms with Crippen LogP contribution in [0.4, 0.5) is 4.39 Å². The maximum absolute atomic E-state index is 13.8. The van der Waals surface area contributed by atoms with Crippen LogP contribution in [0.1, 0.15) is 21.5 Å². The van der Waals surface area contributed by atoms with Gasteiger partial charge in [0.1, 0.15) is 5.82 Å². The van der Waals surface area contributed by atoms with Gasteiger partial charge < -0.3 is 0 Å². The summed E-state index contributed by atoms with van der Waals surface area (Å²) in [6, 6.07) is 10.9. The van der Waals surface area contributed by atoms with E-state index in [2.05, 4.69) is 31.9 Å². The van der Waals surface area contributed by atoms with E-state index in [-0.39, 0.29) is 10.6 Å². The predicted molar refractivity (Wildman–Crippen MR) is 85.7 cm³/mol. The molecule has 0 saturated heterocycles. The third-order valence-corrected chi connectivity index (χ3v) is 5.06. The topological polar surface area (TPSA) is 0 Å². The van der Waals surface area contributed by atoms with Crippen LogP contribution in [0.15, 0.2) is 40.9 Å². The number of halogens is 4. The Balaban J connectivity index is 2.25. The molecule has 0 saturated carbocycles. The molecule has 1 atom stereocenters. The molecule has 0 heterocycles. The monoisotopic (exact) mass is 404 g/mol. The quantitative estimate of drug-likeness (QED) is 0.530. The average molecular weight is 407 g/mol. The largest absolute Gasteiger partial charge is 0.207 e. The van der Waals surface area contributed by atoms with Crippen molar-refractivity contribution >= 4 is 43.5 Å². The summed E-state index contributed by atoms with van der Waals surface area (Å²) in [7, 11) is 0.